The number of nitro groups is 1. The summed E-state index contributed by atoms with van der Waals surface area (Å²) in [6.07, 6.45) is 0. The van der Waals surface area contributed by atoms with Crippen molar-refractivity contribution in [1.29, 1.82) is 0 Å². The molecule has 0 aliphatic carbocycles. The van der Waals surface area contributed by atoms with Crippen molar-refractivity contribution in [2.45, 2.75) is 13.5 Å². The van der Waals surface area contributed by atoms with Crippen molar-refractivity contribution in [1.82, 2.24) is 0 Å². The summed E-state index contributed by atoms with van der Waals surface area (Å²) in [7, 11) is 0. The molecule has 0 aliphatic heterocycles. The number of rotatable bonds is 5. The molecule has 0 unspecified atom stereocenters. The number of hydrogen-bond donors (Lipinski definition) is 1. The Hall–Kier alpha value is -2.08. The van der Waals surface area contributed by atoms with E-state index in [1.165, 1.54) is 4.88 Å². The number of nitro benzene ring substituents is 1. The van der Waals surface area contributed by atoms with Crippen LogP contribution in [0.15, 0.2) is 35.7 Å². The number of nitrogen functional groups attached to an aromatic ring is 1. The second kappa shape index (κ2) is 5.71. The van der Waals surface area contributed by atoms with E-state index in [0.717, 1.165) is 0 Å². The van der Waals surface area contributed by atoms with Gasteiger partial charge in [0.1, 0.15) is 11.4 Å². The Bertz CT molecular complexity index is 569. The number of nitrogens with two attached hydrogens (primary N) is 1. The normalized spacial score (nSPS) is 10.4. The first-order chi connectivity index (χ1) is 9.13. The van der Waals surface area contributed by atoms with Crippen molar-refractivity contribution in [3.8, 4) is 0 Å². The maximum absolute atomic E-state index is 11.2. The van der Waals surface area contributed by atoms with Crippen molar-refractivity contribution in [2.75, 3.05) is 17.2 Å². The van der Waals surface area contributed by atoms with Gasteiger partial charge in [-0.05, 0) is 30.5 Å². The Balaban J connectivity index is 2.38. The fraction of sp³-hybridized carbons (Fsp3) is 0.231. The van der Waals surface area contributed by atoms with Gasteiger partial charge in [-0.3, -0.25) is 10.1 Å². The number of benzene rings is 1. The third-order valence-electron chi connectivity index (χ3n) is 2.88. The fourth-order valence-electron chi connectivity index (χ4n) is 1.96. The highest BCUT2D eigenvalue weighted by atomic mass is 32.1. The van der Waals surface area contributed by atoms with Gasteiger partial charge in [0.25, 0.3) is 0 Å². The summed E-state index contributed by atoms with van der Waals surface area (Å²) in [4.78, 5) is 13.9. The summed E-state index contributed by atoms with van der Waals surface area (Å²) in [5.41, 5.74) is 6.48. The molecular formula is C13H15N3O2S. The van der Waals surface area contributed by atoms with Crippen LogP contribution in [0.4, 0.5) is 17.1 Å². The molecule has 0 amide bonds. The zero-order valence-corrected chi connectivity index (χ0v) is 11.4. The Morgan fingerprint density at radius 1 is 1.37 bits per heavy atom. The van der Waals surface area contributed by atoms with Crippen molar-refractivity contribution in [2.24, 2.45) is 0 Å². The van der Waals surface area contributed by atoms with E-state index < -0.39 is 4.92 Å². The highest BCUT2D eigenvalue weighted by molar-refractivity contribution is 7.09. The van der Waals surface area contributed by atoms with Gasteiger partial charge in [-0.2, -0.15) is 0 Å². The minimum absolute atomic E-state index is 0.0130. The summed E-state index contributed by atoms with van der Waals surface area (Å²) < 4.78 is 0. The van der Waals surface area contributed by atoms with Crippen LogP contribution < -0.4 is 10.6 Å². The maximum atomic E-state index is 11.2. The summed E-state index contributed by atoms with van der Waals surface area (Å²) in [6.45, 7) is 3.31. The standard InChI is InChI=1S/C13H15N3O2S/c1-2-15(9-10-5-4-8-19-10)12-7-3-6-11(14)13(12)16(17)18/h3-8H,2,9,14H2,1H3. The first kappa shape index (κ1) is 13.4. The van der Waals surface area contributed by atoms with E-state index in [1.54, 1.807) is 29.5 Å². The van der Waals surface area contributed by atoms with Gasteiger partial charge in [0.05, 0.1) is 11.5 Å². The molecule has 100 valence electrons. The molecule has 1 aromatic carbocycles. The van der Waals surface area contributed by atoms with E-state index in [4.69, 9.17) is 5.73 Å². The largest absolute Gasteiger partial charge is 0.393 e. The molecule has 0 aliphatic rings. The molecule has 2 rings (SSSR count). The molecule has 0 bridgehead atoms. The lowest BCUT2D eigenvalue weighted by Gasteiger charge is -2.22. The lowest BCUT2D eigenvalue weighted by atomic mass is 10.2. The molecule has 19 heavy (non-hydrogen) atoms. The molecule has 2 N–H and O–H groups in total. The summed E-state index contributed by atoms with van der Waals surface area (Å²) >= 11 is 1.64. The van der Waals surface area contributed by atoms with E-state index in [2.05, 4.69) is 0 Å². The SMILES string of the molecule is CCN(Cc1cccs1)c1cccc(N)c1[N+](=O)[O-]. The van der Waals surface area contributed by atoms with Crippen molar-refractivity contribution >= 4 is 28.4 Å². The van der Waals surface area contributed by atoms with E-state index in [-0.39, 0.29) is 11.4 Å². The Kier molecular flexibility index (Phi) is 4.01. The number of thiophene rings is 1. The van der Waals surface area contributed by atoms with Crippen LogP contribution in [0.2, 0.25) is 0 Å². The maximum Gasteiger partial charge on any atom is 0.315 e. The average Bonchev–Trinajstić information content (AvgIpc) is 2.88. The second-order valence-corrected chi connectivity index (χ2v) is 5.10. The van der Waals surface area contributed by atoms with Crippen LogP contribution in [0, 0.1) is 10.1 Å². The van der Waals surface area contributed by atoms with Crippen molar-refractivity contribution < 1.29 is 4.92 Å². The highest BCUT2D eigenvalue weighted by Crippen LogP contribution is 2.34. The summed E-state index contributed by atoms with van der Waals surface area (Å²) in [6, 6.07) is 9.04. The minimum Gasteiger partial charge on any atom is -0.393 e. The lowest BCUT2D eigenvalue weighted by Crippen LogP contribution is -2.22. The van der Waals surface area contributed by atoms with E-state index in [1.807, 2.05) is 29.3 Å². The van der Waals surface area contributed by atoms with Gasteiger partial charge in [0.15, 0.2) is 0 Å². The minimum atomic E-state index is -0.415. The first-order valence-electron chi connectivity index (χ1n) is 5.93. The first-order valence-corrected chi connectivity index (χ1v) is 6.81. The Morgan fingerprint density at radius 2 is 2.16 bits per heavy atom. The van der Waals surface area contributed by atoms with Crippen LogP contribution in [0.5, 0.6) is 0 Å². The van der Waals surface area contributed by atoms with Gasteiger partial charge in [-0.1, -0.05) is 12.1 Å². The third kappa shape index (κ3) is 2.85. The van der Waals surface area contributed by atoms with Crippen LogP contribution in [-0.2, 0) is 6.54 Å². The molecule has 2 aromatic rings. The molecule has 1 heterocycles. The van der Waals surface area contributed by atoms with Crippen LogP contribution >= 0.6 is 11.3 Å². The highest BCUT2D eigenvalue weighted by Gasteiger charge is 2.21. The number of para-hydroxylation sites is 1. The molecule has 0 atom stereocenters. The Morgan fingerprint density at radius 3 is 2.74 bits per heavy atom. The predicted molar refractivity (Wildman–Crippen MR) is 78.6 cm³/mol. The molecule has 0 saturated heterocycles. The van der Waals surface area contributed by atoms with Crippen LogP contribution in [0.1, 0.15) is 11.8 Å². The van der Waals surface area contributed by atoms with Gasteiger partial charge in [-0.15, -0.1) is 11.3 Å². The zero-order valence-electron chi connectivity index (χ0n) is 10.6. The van der Waals surface area contributed by atoms with Crippen molar-refractivity contribution in [3.63, 3.8) is 0 Å². The monoisotopic (exact) mass is 277 g/mol. The molecule has 1 aromatic heterocycles. The van der Waals surface area contributed by atoms with Gasteiger partial charge < -0.3 is 10.6 Å². The van der Waals surface area contributed by atoms with E-state index in [9.17, 15) is 10.1 Å². The quantitative estimate of drug-likeness (QED) is 0.517. The molecule has 6 heteroatoms. The number of nitrogens with zero attached hydrogens (tertiary/aromatic N) is 2. The second-order valence-electron chi connectivity index (χ2n) is 4.07. The van der Waals surface area contributed by atoms with Crippen LogP contribution in [0.3, 0.4) is 0 Å². The smallest absolute Gasteiger partial charge is 0.315 e. The van der Waals surface area contributed by atoms with Crippen LogP contribution in [-0.4, -0.2) is 11.5 Å². The molecule has 0 spiro atoms. The van der Waals surface area contributed by atoms with E-state index in [0.29, 0.717) is 18.8 Å². The topological polar surface area (TPSA) is 72.4 Å². The fourth-order valence-corrected chi connectivity index (χ4v) is 2.68. The van der Waals surface area contributed by atoms with Gasteiger partial charge in [-0.25, -0.2) is 0 Å². The summed E-state index contributed by atoms with van der Waals surface area (Å²) in [5.74, 6) is 0. The van der Waals surface area contributed by atoms with Crippen LogP contribution in [0.25, 0.3) is 0 Å². The molecule has 0 saturated carbocycles. The number of hydrogen-bond acceptors (Lipinski definition) is 5. The average molecular weight is 277 g/mol. The van der Waals surface area contributed by atoms with Crippen molar-refractivity contribution in [3.05, 3.63) is 50.7 Å². The number of anilines is 2. The molecule has 5 nitrogen and oxygen atoms in total. The van der Waals surface area contributed by atoms with E-state index >= 15 is 0 Å². The lowest BCUT2D eigenvalue weighted by molar-refractivity contribution is -0.383. The molecule has 0 radical (unpaired) electrons. The third-order valence-corrected chi connectivity index (χ3v) is 3.74. The van der Waals surface area contributed by atoms with Gasteiger partial charge in [0, 0.05) is 11.4 Å². The Labute approximate surface area is 115 Å². The molecule has 0 fully saturated rings. The van der Waals surface area contributed by atoms with Gasteiger partial charge in [0.2, 0.25) is 0 Å². The zero-order chi connectivity index (χ0) is 13.8. The summed E-state index contributed by atoms with van der Waals surface area (Å²) in [5, 5.41) is 13.2. The predicted octanol–water partition coefficient (Wildman–Crippen LogP) is 3.27. The molecular weight excluding hydrogens is 262 g/mol. The van der Waals surface area contributed by atoms with Gasteiger partial charge >= 0.3 is 5.69 Å².